The van der Waals surface area contributed by atoms with Crippen LogP contribution in [0.25, 0.3) is 0 Å². The van der Waals surface area contributed by atoms with E-state index in [0.29, 0.717) is 28.5 Å². The molecule has 4 bridgehead atoms. The van der Waals surface area contributed by atoms with Gasteiger partial charge in [-0.25, -0.2) is 4.98 Å². The van der Waals surface area contributed by atoms with Gasteiger partial charge in [-0.1, -0.05) is 35.9 Å². The molecule has 4 unspecified atom stereocenters. The number of morpholine rings is 2. The van der Waals surface area contributed by atoms with Gasteiger partial charge in [0.05, 0.1) is 18.8 Å². The number of fused-ring (bicyclic) bond motifs is 6. The van der Waals surface area contributed by atoms with Crippen molar-refractivity contribution in [3.8, 4) is 0 Å². The molecule has 6 fully saturated rings. The van der Waals surface area contributed by atoms with Gasteiger partial charge >= 0.3 is 6.18 Å². The third kappa shape index (κ3) is 7.46. The number of pyridine rings is 1. The monoisotopic (exact) mass is 691 g/mol. The molecule has 4 atom stereocenters. The molecule has 12 heteroatoms. The molecule has 1 aromatic heterocycles. The lowest BCUT2D eigenvalue weighted by Gasteiger charge is -2.47. The summed E-state index contributed by atoms with van der Waals surface area (Å²) < 4.78 is 49.8. The Morgan fingerprint density at radius 3 is 1.76 bits per heavy atom. The van der Waals surface area contributed by atoms with Crippen molar-refractivity contribution in [1.82, 2.24) is 15.6 Å². The largest absolute Gasteiger partial charge is 0.417 e. The van der Waals surface area contributed by atoms with Gasteiger partial charge in [-0.3, -0.25) is 4.79 Å². The second-order valence-electron chi connectivity index (χ2n) is 13.0. The predicted molar refractivity (Wildman–Crippen MR) is 182 cm³/mol. The Kier molecular flexibility index (Phi) is 9.38. The first-order chi connectivity index (χ1) is 23.6. The van der Waals surface area contributed by atoms with Gasteiger partial charge in [0, 0.05) is 53.3 Å². The molecule has 256 valence electrons. The Morgan fingerprint density at radius 1 is 0.776 bits per heavy atom. The number of aromatic nitrogens is 1. The van der Waals surface area contributed by atoms with Crippen LogP contribution in [0.15, 0.2) is 91.1 Å². The average molecular weight is 692 g/mol. The fraction of sp³-hybridized carbons (Fsp3) is 0.351. The predicted octanol–water partition coefficient (Wildman–Crippen LogP) is 7.39. The van der Waals surface area contributed by atoms with Crippen LogP contribution < -0.4 is 21.3 Å². The molecule has 10 rings (SSSR count). The molecule has 6 aliphatic heterocycles. The number of alkyl halides is 3. The summed E-state index contributed by atoms with van der Waals surface area (Å²) in [6.45, 7) is 3.17. The second-order valence-corrected chi connectivity index (χ2v) is 13.5. The highest BCUT2D eigenvalue weighted by Crippen LogP contribution is 2.40. The summed E-state index contributed by atoms with van der Waals surface area (Å²) in [7, 11) is 0. The normalized spacial score (nSPS) is 25.6. The van der Waals surface area contributed by atoms with Crippen molar-refractivity contribution in [3.63, 3.8) is 0 Å². The molecule has 0 radical (unpaired) electrons. The van der Waals surface area contributed by atoms with Crippen molar-refractivity contribution >= 4 is 34.7 Å². The van der Waals surface area contributed by atoms with Crippen molar-refractivity contribution in [2.24, 2.45) is 0 Å². The van der Waals surface area contributed by atoms with Crippen LogP contribution in [0.5, 0.6) is 0 Å². The average Bonchev–Trinajstić information content (AvgIpc) is 3.14. The number of anilines is 3. The molecule has 3 aromatic carbocycles. The lowest BCUT2D eigenvalue weighted by atomic mass is 9.81. The fourth-order valence-corrected chi connectivity index (χ4v) is 6.95. The smallest absolute Gasteiger partial charge is 0.367 e. The summed E-state index contributed by atoms with van der Waals surface area (Å²) in [4.78, 5) is 16.1. The third-order valence-electron chi connectivity index (χ3n) is 9.82. The maximum absolute atomic E-state index is 12.6. The first-order valence-electron chi connectivity index (χ1n) is 16.4. The van der Waals surface area contributed by atoms with Gasteiger partial charge in [-0.2, -0.15) is 13.2 Å². The maximum Gasteiger partial charge on any atom is 0.417 e. The molecule has 0 saturated carbocycles. The summed E-state index contributed by atoms with van der Waals surface area (Å²) in [5.41, 5.74) is 3.16. The first-order valence-corrected chi connectivity index (χ1v) is 16.8. The molecule has 0 aliphatic carbocycles. The summed E-state index contributed by atoms with van der Waals surface area (Å²) in [6.07, 6.45) is 0.749. The summed E-state index contributed by atoms with van der Waals surface area (Å²) in [5.74, 6) is 0.226. The number of benzene rings is 3. The zero-order chi connectivity index (χ0) is 34.1. The Morgan fingerprint density at radius 2 is 1.33 bits per heavy atom. The number of piperidine rings is 2. The van der Waals surface area contributed by atoms with E-state index in [0.717, 1.165) is 86.8 Å². The number of hydrogen-bond acceptors (Lipinski definition) is 7. The number of halogens is 4. The van der Waals surface area contributed by atoms with Crippen molar-refractivity contribution in [1.29, 1.82) is 0 Å². The molecule has 6 saturated heterocycles. The Bertz CT molecular complexity index is 1710. The van der Waals surface area contributed by atoms with Crippen LogP contribution in [0.3, 0.4) is 0 Å². The molecule has 49 heavy (non-hydrogen) atoms. The molecular weight excluding hydrogens is 655 g/mol. The van der Waals surface area contributed by atoms with E-state index in [4.69, 9.17) is 21.1 Å². The number of nitrogens with zero attached hydrogens (tertiary/aromatic N) is 1. The van der Waals surface area contributed by atoms with Crippen LogP contribution in [0.1, 0.15) is 52.7 Å². The summed E-state index contributed by atoms with van der Waals surface area (Å²) in [5, 5.41) is 13.6. The molecule has 4 N–H and O–H groups in total. The van der Waals surface area contributed by atoms with E-state index in [1.807, 2.05) is 48.5 Å². The third-order valence-corrected chi connectivity index (χ3v) is 10.1. The van der Waals surface area contributed by atoms with Crippen LogP contribution in [0.2, 0.25) is 5.02 Å². The van der Waals surface area contributed by atoms with Gasteiger partial charge in [-0.05, 0) is 97.5 Å². The van der Waals surface area contributed by atoms with E-state index in [9.17, 15) is 18.0 Å². The molecule has 4 aromatic rings. The van der Waals surface area contributed by atoms with Crippen LogP contribution in [-0.2, 0) is 26.9 Å². The number of carbonyl (C=O) groups is 1. The fourth-order valence-electron chi connectivity index (χ4n) is 6.83. The minimum absolute atomic E-state index is 0.145. The van der Waals surface area contributed by atoms with E-state index in [2.05, 4.69) is 26.3 Å². The SMILES string of the molecule is FC(F)(F)c1ccc(Nc2ccc(C34CCC(CO3)NC4)cc2)nc1.O=C(Nc1ccc(C23CCC(CO2)NC3)cc1)c1ccc(Cl)cc1. The number of ether oxygens (including phenoxy) is 2. The van der Waals surface area contributed by atoms with Gasteiger partial charge < -0.3 is 30.7 Å². The topological polar surface area (TPSA) is 96.5 Å². The highest BCUT2D eigenvalue weighted by atomic mass is 35.5. The number of carbonyl (C=O) groups excluding carboxylic acids is 1. The number of rotatable bonds is 6. The number of nitrogens with one attached hydrogen (secondary N) is 4. The second kappa shape index (κ2) is 13.7. The van der Waals surface area contributed by atoms with E-state index in [-0.39, 0.29) is 17.1 Å². The zero-order valence-electron chi connectivity index (χ0n) is 26.7. The minimum Gasteiger partial charge on any atom is -0.367 e. The Hall–Kier alpha value is -4.00. The highest BCUT2D eigenvalue weighted by Gasteiger charge is 2.43. The Labute approximate surface area is 287 Å². The minimum atomic E-state index is -4.38. The standard InChI is InChI=1S/C19H19ClN2O2.C18H18F3N3O/c20-15-5-1-13(2-6-15)18(23)22-16-7-3-14(4-8-16)19-10-9-17(11-24-19)21-12-19;19-18(20,21)13-3-6-16(22-9-13)24-14-4-1-12(2-5-14)17-8-7-15(10-25-17)23-11-17/h1-8,17,21H,9-12H2,(H,22,23);1-6,9,15,23H,7-8,10-11H2,(H,22,24). The van der Waals surface area contributed by atoms with Gasteiger partial charge in [0.1, 0.15) is 17.0 Å². The molecule has 8 nitrogen and oxygen atoms in total. The van der Waals surface area contributed by atoms with Crippen molar-refractivity contribution in [3.05, 3.63) is 118 Å². The van der Waals surface area contributed by atoms with Crippen LogP contribution in [0.4, 0.5) is 30.4 Å². The van der Waals surface area contributed by atoms with Crippen LogP contribution in [-0.4, -0.2) is 49.3 Å². The highest BCUT2D eigenvalue weighted by molar-refractivity contribution is 6.30. The van der Waals surface area contributed by atoms with Crippen LogP contribution in [0, 0.1) is 0 Å². The lowest BCUT2D eigenvalue weighted by molar-refractivity contribution is -0.137. The summed E-state index contributed by atoms with van der Waals surface area (Å²) in [6, 6.07) is 25.9. The lowest BCUT2D eigenvalue weighted by Crippen LogP contribution is -2.57. The quantitative estimate of drug-likeness (QED) is 0.168. The summed E-state index contributed by atoms with van der Waals surface area (Å²) >= 11 is 5.85. The van der Waals surface area contributed by atoms with Gasteiger partial charge in [0.25, 0.3) is 5.91 Å². The molecule has 6 aliphatic rings. The van der Waals surface area contributed by atoms with Gasteiger partial charge in [0.2, 0.25) is 0 Å². The van der Waals surface area contributed by atoms with E-state index < -0.39 is 11.7 Å². The van der Waals surface area contributed by atoms with E-state index in [1.165, 1.54) is 6.07 Å². The zero-order valence-corrected chi connectivity index (χ0v) is 27.4. The van der Waals surface area contributed by atoms with Crippen molar-refractivity contribution < 1.29 is 27.4 Å². The van der Waals surface area contributed by atoms with Crippen molar-refractivity contribution in [2.75, 3.05) is 36.9 Å². The van der Waals surface area contributed by atoms with E-state index in [1.54, 1.807) is 24.3 Å². The van der Waals surface area contributed by atoms with Gasteiger partial charge in [0.15, 0.2) is 0 Å². The number of amides is 1. The molecule has 0 spiro atoms. The maximum atomic E-state index is 12.6. The molecule has 1 amide bonds. The molecule has 7 heterocycles. The molecular formula is C37H37ClF3N5O3. The van der Waals surface area contributed by atoms with Crippen LogP contribution >= 0.6 is 11.6 Å². The first kappa shape index (κ1) is 33.5. The van der Waals surface area contributed by atoms with Gasteiger partial charge in [-0.15, -0.1) is 0 Å². The Balaban J connectivity index is 0.000000154. The van der Waals surface area contributed by atoms with Crippen molar-refractivity contribution in [2.45, 2.75) is 55.1 Å². The number of hydrogen-bond donors (Lipinski definition) is 4. The van der Waals surface area contributed by atoms with E-state index >= 15 is 0 Å².